The molecule has 3 aromatic rings. The first-order valence-electron chi connectivity index (χ1n) is 13.5. The molecule has 2 amide bonds. The molecule has 0 spiro atoms. The SMILES string of the molecule is CCC[C@H]1CN(c2nc(N)c(C(=O)Nc3ccon3)nc2Cl)CCN1C1CCN(C(=O)c2ccc(Cl)nc2N)CC1. The molecule has 2 aliphatic rings. The van der Waals surface area contributed by atoms with Gasteiger partial charge in [0.1, 0.15) is 17.2 Å². The van der Waals surface area contributed by atoms with Crippen molar-refractivity contribution in [2.24, 2.45) is 0 Å². The zero-order chi connectivity index (χ0) is 29.1. The van der Waals surface area contributed by atoms with Gasteiger partial charge in [-0.05, 0) is 31.4 Å². The van der Waals surface area contributed by atoms with Crippen molar-refractivity contribution < 1.29 is 14.1 Å². The molecular formula is C26H32Cl2N10O3. The summed E-state index contributed by atoms with van der Waals surface area (Å²) in [5.41, 5.74) is 12.4. The van der Waals surface area contributed by atoms with E-state index in [1.165, 1.54) is 12.3 Å². The van der Waals surface area contributed by atoms with Gasteiger partial charge in [0.2, 0.25) is 0 Å². The highest BCUT2D eigenvalue weighted by atomic mass is 35.5. The Bertz CT molecular complexity index is 1400. The van der Waals surface area contributed by atoms with Crippen LogP contribution < -0.4 is 21.7 Å². The molecule has 218 valence electrons. The number of amides is 2. The molecular weight excluding hydrogens is 571 g/mol. The fourth-order valence-corrected chi connectivity index (χ4v) is 5.97. The van der Waals surface area contributed by atoms with E-state index in [0.717, 1.165) is 32.2 Å². The smallest absolute Gasteiger partial charge is 0.279 e. The number of carbonyl (C=O) groups is 2. The molecule has 5 N–H and O–H groups in total. The van der Waals surface area contributed by atoms with E-state index in [4.69, 9.17) is 39.2 Å². The number of hydrogen-bond donors (Lipinski definition) is 3. The number of rotatable bonds is 7. The Morgan fingerprint density at radius 3 is 2.51 bits per heavy atom. The van der Waals surface area contributed by atoms with Crippen molar-refractivity contribution in [1.82, 2.24) is 29.9 Å². The van der Waals surface area contributed by atoms with Crippen molar-refractivity contribution in [3.05, 3.63) is 46.0 Å². The lowest BCUT2D eigenvalue weighted by atomic mass is 9.97. The fraction of sp³-hybridized carbons (Fsp3) is 0.462. The summed E-state index contributed by atoms with van der Waals surface area (Å²) < 4.78 is 4.73. The lowest BCUT2D eigenvalue weighted by Gasteiger charge is -2.48. The van der Waals surface area contributed by atoms with Crippen LogP contribution in [0.5, 0.6) is 0 Å². The van der Waals surface area contributed by atoms with Crippen LogP contribution in [0.1, 0.15) is 53.5 Å². The molecule has 41 heavy (non-hydrogen) atoms. The number of nitrogens with zero attached hydrogens (tertiary/aromatic N) is 7. The Balaban J connectivity index is 1.23. The Morgan fingerprint density at radius 2 is 1.83 bits per heavy atom. The minimum absolute atomic E-state index is 0.0200. The van der Waals surface area contributed by atoms with Crippen LogP contribution in [0.4, 0.5) is 23.3 Å². The summed E-state index contributed by atoms with van der Waals surface area (Å²) in [6.07, 6.45) is 5.05. The number of likely N-dealkylation sites (tertiary alicyclic amines) is 1. The van der Waals surface area contributed by atoms with Crippen LogP contribution in [0, 0.1) is 0 Å². The van der Waals surface area contributed by atoms with Crippen LogP contribution in [0.3, 0.4) is 0 Å². The van der Waals surface area contributed by atoms with Gasteiger partial charge in [-0.3, -0.25) is 14.5 Å². The standard InChI is InChI=1S/C26H32Cl2N10O3/c1-2-3-16-14-37(24-21(28)33-20(23(30)34-24)25(39)32-19-8-13-41-35-19)11-12-38(16)15-6-9-36(10-7-15)26(40)17-4-5-18(27)31-22(17)29/h4-5,8,13,15-16H,2-3,6-7,9-12,14H2,1H3,(H2,29,31)(H2,30,34)(H,32,35,39)/t16-/m0/s1. The van der Waals surface area contributed by atoms with E-state index in [0.29, 0.717) is 43.6 Å². The molecule has 0 radical (unpaired) electrons. The third kappa shape index (κ3) is 6.31. The lowest BCUT2D eigenvalue weighted by Crippen LogP contribution is -2.59. The van der Waals surface area contributed by atoms with E-state index >= 15 is 0 Å². The molecule has 5 rings (SSSR count). The minimum atomic E-state index is -0.578. The molecule has 0 bridgehead atoms. The average molecular weight is 604 g/mol. The summed E-state index contributed by atoms with van der Waals surface area (Å²) >= 11 is 12.4. The van der Waals surface area contributed by atoms with E-state index < -0.39 is 5.91 Å². The van der Waals surface area contributed by atoms with Crippen LogP contribution in [0.15, 0.2) is 29.0 Å². The number of nitrogen functional groups attached to an aromatic ring is 2. The molecule has 15 heteroatoms. The number of piperazine rings is 1. The van der Waals surface area contributed by atoms with Gasteiger partial charge in [-0.1, -0.05) is 41.7 Å². The number of aromatic nitrogens is 4. The summed E-state index contributed by atoms with van der Waals surface area (Å²) in [4.78, 5) is 44.9. The summed E-state index contributed by atoms with van der Waals surface area (Å²) in [5.74, 6) is 0.117. The van der Waals surface area contributed by atoms with Crippen molar-refractivity contribution in [3.8, 4) is 0 Å². The minimum Gasteiger partial charge on any atom is -0.383 e. The first kappa shape index (κ1) is 28.8. The van der Waals surface area contributed by atoms with Crippen molar-refractivity contribution in [2.45, 2.75) is 44.7 Å². The molecule has 2 fully saturated rings. The molecule has 0 aromatic carbocycles. The highest BCUT2D eigenvalue weighted by Crippen LogP contribution is 2.31. The van der Waals surface area contributed by atoms with Crippen molar-refractivity contribution in [2.75, 3.05) is 54.4 Å². The Hall–Kier alpha value is -3.68. The lowest BCUT2D eigenvalue weighted by molar-refractivity contribution is 0.0481. The summed E-state index contributed by atoms with van der Waals surface area (Å²) in [7, 11) is 0. The largest absolute Gasteiger partial charge is 0.383 e. The summed E-state index contributed by atoms with van der Waals surface area (Å²) in [6, 6.07) is 5.31. The molecule has 0 unspecified atom stereocenters. The molecule has 1 atom stereocenters. The van der Waals surface area contributed by atoms with Crippen molar-refractivity contribution >= 4 is 58.3 Å². The van der Waals surface area contributed by atoms with Gasteiger partial charge in [0.25, 0.3) is 11.8 Å². The monoisotopic (exact) mass is 602 g/mol. The maximum Gasteiger partial charge on any atom is 0.279 e. The number of nitrogens with two attached hydrogens (primary N) is 2. The van der Waals surface area contributed by atoms with E-state index in [1.54, 1.807) is 12.1 Å². The van der Waals surface area contributed by atoms with Crippen LogP contribution in [-0.4, -0.2) is 86.5 Å². The molecule has 13 nitrogen and oxygen atoms in total. The third-order valence-corrected chi connectivity index (χ3v) is 8.01. The average Bonchev–Trinajstić information content (AvgIpc) is 3.47. The zero-order valence-electron chi connectivity index (χ0n) is 22.6. The topological polar surface area (TPSA) is 173 Å². The number of halogens is 2. The second kappa shape index (κ2) is 12.5. The van der Waals surface area contributed by atoms with Crippen LogP contribution in [-0.2, 0) is 0 Å². The number of anilines is 4. The molecule has 3 aromatic heterocycles. The highest BCUT2D eigenvalue weighted by Gasteiger charge is 2.36. The Morgan fingerprint density at radius 1 is 1.05 bits per heavy atom. The second-order valence-electron chi connectivity index (χ2n) is 10.1. The van der Waals surface area contributed by atoms with E-state index in [2.05, 4.69) is 42.1 Å². The summed E-state index contributed by atoms with van der Waals surface area (Å²) in [6.45, 7) is 5.59. The van der Waals surface area contributed by atoms with Gasteiger partial charge >= 0.3 is 0 Å². The third-order valence-electron chi connectivity index (χ3n) is 7.55. The summed E-state index contributed by atoms with van der Waals surface area (Å²) in [5, 5.41) is 6.58. The van der Waals surface area contributed by atoms with Gasteiger partial charge in [0.05, 0.1) is 5.56 Å². The first-order chi connectivity index (χ1) is 19.7. The van der Waals surface area contributed by atoms with Gasteiger partial charge in [0, 0.05) is 50.9 Å². The predicted octanol–water partition coefficient (Wildman–Crippen LogP) is 3.18. The van der Waals surface area contributed by atoms with Gasteiger partial charge in [0.15, 0.2) is 28.3 Å². The number of piperidine rings is 1. The number of pyridine rings is 1. The van der Waals surface area contributed by atoms with Crippen LogP contribution in [0.25, 0.3) is 0 Å². The maximum absolute atomic E-state index is 13.1. The number of carbonyl (C=O) groups excluding carboxylic acids is 2. The normalized spacial score (nSPS) is 18.5. The Labute approximate surface area is 247 Å². The maximum atomic E-state index is 13.1. The van der Waals surface area contributed by atoms with Crippen LogP contribution in [0.2, 0.25) is 10.3 Å². The highest BCUT2D eigenvalue weighted by molar-refractivity contribution is 6.32. The van der Waals surface area contributed by atoms with Gasteiger partial charge in [-0.2, -0.15) is 0 Å². The molecule has 0 saturated carbocycles. The van der Waals surface area contributed by atoms with Gasteiger partial charge < -0.3 is 31.1 Å². The van der Waals surface area contributed by atoms with Gasteiger partial charge in [-0.15, -0.1) is 0 Å². The zero-order valence-corrected chi connectivity index (χ0v) is 24.1. The van der Waals surface area contributed by atoms with Crippen molar-refractivity contribution in [1.29, 1.82) is 0 Å². The van der Waals surface area contributed by atoms with Crippen LogP contribution >= 0.6 is 23.2 Å². The number of hydrogen-bond acceptors (Lipinski definition) is 11. The second-order valence-corrected chi connectivity index (χ2v) is 10.9. The van der Waals surface area contributed by atoms with E-state index in [-0.39, 0.29) is 45.4 Å². The Kier molecular flexibility index (Phi) is 8.76. The molecule has 0 aliphatic carbocycles. The quantitative estimate of drug-likeness (QED) is 0.339. The van der Waals surface area contributed by atoms with Gasteiger partial charge in [-0.25, -0.2) is 15.0 Å². The molecule has 2 saturated heterocycles. The fourth-order valence-electron chi connectivity index (χ4n) is 5.57. The van der Waals surface area contributed by atoms with E-state index in [9.17, 15) is 9.59 Å². The predicted molar refractivity (Wildman–Crippen MR) is 156 cm³/mol. The van der Waals surface area contributed by atoms with Crippen molar-refractivity contribution in [3.63, 3.8) is 0 Å². The molecule has 5 heterocycles. The first-order valence-corrected chi connectivity index (χ1v) is 14.3. The number of nitrogens with one attached hydrogen (secondary N) is 1. The van der Waals surface area contributed by atoms with E-state index in [1.807, 2.05) is 4.90 Å². The molecule has 2 aliphatic heterocycles.